The van der Waals surface area contributed by atoms with E-state index in [4.69, 9.17) is 0 Å². The van der Waals surface area contributed by atoms with Crippen molar-refractivity contribution in [2.24, 2.45) is 0 Å². The summed E-state index contributed by atoms with van der Waals surface area (Å²) in [7, 11) is 0. The van der Waals surface area contributed by atoms with E-state index in [1.54, 1.807) is 6.07 Å². The highest BCUT2D eigenvalue weighted by atomic mass is 16.2. The van der Waals surface area contributed by atoms with E-state index in [-0.39, 0.29) is 17.9 Å². The monoisotopic (exact) mass is 248 g/mol. The van der Waals surface area contributed by atoms with E-state index in [1.165, 1.54) is 0 Å². The fourth-order valence-corrected chi connectivity index (χ4v) is 1.61. The van der Waals surface area contributed by atoms with Gasteiger partial charge in [0.25, 0.3) is 5.91 Å². The maximum absolute atomic E-state index is 11.8. The molecule has 18 heavy (non-hydrogen) atoms. The van der Waals surface area contributed by atoms with Crippen molar-refractivity contribution in [2.45, 2.75) is 33.2 Å². The number of carbonyl (C=O) groups is 2. The molecule has 4 heteroatoms. The first kappa shape index (κ1) is 14.2. The number of amides is 2. The van der Waals surface area contributed by atoms with Crippen LogP contribution in [0.5, 0.6) is 0 Å². The lowest BCUT2D eigenvalue weighted by Gasteiger charge is -2.09. The molecule has 0 unspecified atom stereocenters. The van der Waals surface area contributed by atoms with Gasteiger partial charge in [-0.05, 0) is 32.4 Å². The number of hydrogen-bond donors (Lipinski definition) is 2. The summed E-state index contributed by atoms with van der Waals surface area (Å²) in [6.07, 6.45) is 0.301. The van der Waals surface area contributed by atoms with Gasteiger partial charge in [-0.2, -0.15) is 0 Å². The molecule has 0 aliphatic rings. The molecule has 1 aromatic rings. The van der Waals surface area contributed by atoms with Gasteiger partial charge in [-0.1, -0.05) is 18.2 Å². The highest BCUT2D eigenvalue weighted by molar-refractivity contribution is 5.95. The van der Waals surface area contributed by atoms with E-state index in [9.17, 15) is 9.59 Å². The number of hydrogen-bond acceptors (Lipinski definition) is 2. The molecule has 0 aromatic heterocycles. The zero-order valence-electron chi connectivity index (χ0n) is 11.1. The van der Waals surface area contributed by atoms with Crippen LogP contribution < -0.4 is 10.6 Å². The van der Waals surface area contributed by atoms with Gasteiger partial charge in [-0.15, -0.1) is 0 Å². The Bertz CT molecular complexity index is 428. The van der Waals surface area contributed by atoms with Crippen molar-refractivity contribution in [2.75, 3.05) is 6.54 Å². The summed E-state index contributed by atoms with van der Waals surface area (Å²) < 4.78 is 0. The van der Waals surface area contributed by atoms with Crippen LogP contribution in [0.4, 0.5) is 0 Å². The van der Waals surface area contributed by atoms with E-state index in [1.807, 2.05) is 39.0 Å². The predicted molar refractivity (Wildman–Crippen MR) is 71.4 cm³/mol. The van der Waals surface area contributed by atoms with Crippen molar-refractivity contribution in [1.29, 1.82) is 0 Å². The van der Waals surface area contributed by atoms with Crippen molar-refractivity contribution in [3.63, 3.8) is 0 Å². The lowest BCUT2D eigenvalue weighted by Crippen LogP contribution is -2.34. The minimum absolute atomic E-state index is 0.0462. The second-order valence-corrected chi connectivity index (χ2v) is 4.54. The zero-order valence-corrected chi connectivity index (χ0v) is 11.1. The van der Waals surface area contributed by atoms with Crippen LogP contribution in [0.3, 0.4) is 0 Å². The van der Waals surface area contributed by atoms with E-state index in [0.717, 1.165) is 5.56 Å². The van der Waals surface area contributed by atoms with Crippen LogP contribution in [0, 0.1) is 6.92 Å². The van der Waals surface area contributed by atoms with E-state index >= 15 is 0 Å². The number of nitrogens with one attached hydrogen (secondary N) is 2. The van der Waals surface area contributed by atoms with Gasteiger partial charge in [0, 0.05) is 24.6 Å². The minimum Gasteiger partial charge on any atom is -0.354 e. The minimum atomic E-state index is -0.134. The quantitative estimate of drug-likeness (QED) is 0.832. The van der Waals surface area contributed by atoms with Gasteiger partial charge < -0.3 is 10.6 Å². The molecule has 0 bridgehead atoms. The molecule has 0 heterocycles. The molecule has 0 saturated carbocycles. The summed E-state index contributed by atoms with van der Waals surface area (Å²) >= 11 is 0. The molecule has 2 amide bonds. The molecule has 98 valence electrons. The Morgan fingerprint density at radius 3 is 2.50 bits per heavy atom. The summed E-state index contributed by atoms with van der Waals surface area (Å²) in [6.45, 7) is 6.06. The summed E-state index contributed by atoms with van der Waals surface area (Å²) in [6, 6.07) is 7.51. The molecule has 0 spiro atoms. The fraction of sp³-hybridized carbons (Fsp3) is 0.429. The second kappa shape index (κ2) is 6.79. The lowest BCUT2D eigenvalue weighted by molar-refractivity contribution is -0.121. The third-order valence-corrected chi connectivity index (χ3v) is 2.48. The average Bonchev–Trinajstić information content (AvgIpc) is 2.28. The second-order valence-electron chi connectivity index (χ2n) is 4.54. The first-order valence-corrected chi connectivity index (χ1v) is 6.14. The molecule has 0 aliphatic heterocycles. The van der Waals surface area contributed by atoms with Crippen LogP contribution in [-0.4, -0.2) is 24.4 Å². The standard InChI is InChI=1S/C14H20N2O2/c1-10(2)16-13(17)8-9-15-14(18)12-7-5-4-6-11(12)3/h4-7,10H,8-9H2,1-3H3,(H,15,18)(H,16,17). The third-order valence-electron chi connectivity index (χ3n) is 2.48. The van der Waals surface area contributed by atoms with Gasteiger partial charge in [0.05, 0.1) is 0 Å². The number of rotatable bonds is 5. The highest BCUT2D eigenvalue weighted by Crippen LogP contribution is 2.06. The van der Waals surface area contributed by atoms with Crippen LogP contribution in [0.15, 0.2) is 24.3 Å². The van der Waals surface area contributed by atoms with Crippen molar-refractivity contribution >= 4 is 11.8 Å². The number of aryl methyl sites for hydroxylation is 1. The Morgan fingerprint density at radius 2 is 1.89 bits per heavy atom. The summed E-state index contributed by atoms with van der Waals surface area (Å²) in [5, 5.41) is 5.52. The molecule has 0 fully saturated rings. The van der Waals surface area contributed by atoms with Crippen molar-refractivity contribution in [3.8, 4) is 0 Å². The molecule has 0 aliphatic carbocycles. The summed E-state index contributed by atoms with van der Waals surface area (Å²) in [4.78, 5) is 23.2. The van der Waals surface area contributed by atoms with Crippen molar-refractivity contribution in [1.82, 2.24) is 10.6 Å². The van der Waals surface area contributed by atoms with Crippen LogP contribution in [0.2, 0.25) is 0 Å². The number of benzene rings is 1. The first-order chi connectivity index (χ1) is 8.50. The van der Waals surface area contributed by atoms with Gasteiger partial charge in [-0.3, -0.25) is 9.59 Å². The Kier molecular flexibility index (Phi) is 5.36. The largest absolute Gasteiger partial charge is 0.354 e. The highest BCUT2D eigenvalue weighted by Gasteiger charge is 2.08. The first-order valence-electron chi connectivity index (χ1n) is 6.14. The normalized spacial score (nSPS) is 10.2. The molecule has 4 nitrogen and oxygen atoms in total. The van der Waals surface area contributed by atoms with Crippen LogP contribution in [0.1, 0.15) is 36.2 Å². The van der Waals surface area contributed by atoms with Crippen molar-refractivity contribution in [3.05, 3.63) is 35.4 Å². The van der Waals surface area contributed by atoms with Gasteiger partial charge in [0.1, 0.15) is 0 Å². The summed E-state index contributed by atoms with van der Waals surface area (Å²) in [5.74, 6) is -0.180. The summed E-state index contributed by atoms with van der Waals surface area (Å²) in [5.41, 5.74) is 1.59. The SMILES string of the molecule is Cc1ccccc1C(=O)NCCC(=O)NC(C)C. The zero-order chi connectivity index (χ0) is 13.5. The molecular formula is C14H20N2O2. The Morgan fingerprint density at radius 1 is 1.22 bits per heavy atom. The van der Waals surface area contributed by atoms with E-state index in [0.29, 0.717) is 18.5 Å². The molecule has 1 rings (SSSR count). The molecule has 0 radical (unpaired) electrons. The van der Waals surface area contributed by atoms with Crippen molar-refractivity contribution < 1.29 is 9.59 Å². The number of carbonyl (C=O) groups excluding carboxylic acids is 2. The molecular weight excluding hydrogens is 228 g/mol. The van der Waals surface area contributed by atoms with Crippen LogP contribution >= 0.6 is 0 Å². The fourth-order valence-electron chi connectivity index (χ4n) is 1.61. The van der Waals surface area contributed by atoms with Crippen LogP contribution in [0.25, 0.3) is 0 Å². The topological polar surface area (TPSA) is 58.2 Å². The Balaban J connectivity index is 2.39. The van der Waals surface area contributed by atoms with Gasteiger partial charge in [-0.25, -0.2) is 0 Å². The molecule has 0 atom stereocenters. The molecule has 2 N–H and O–H groups in total. The predicted octanol–water partition coefficient (Wildman–Crippen LogP) is 1.64. The van der Waals surface area contributed by atoms with Crippen LogP contribution in [-0.2, 0) is 4.79 Å². The maximum Gasteiger partial charge on any atom is 0.251 e. The maximum atomic E-state index is 11.8. The Labute approximate surface area is 108 Å². The average molecular weight is 248 g/mol. The molecule has 1 aromatic carbocycles. The van der Waals surface area contributed by atoms with E-state index in [2.05, 4.69) is 10.6 Å². The smallest absolute Gasteiger partial charge is 0.251 e. The van der Waals surface area contributed by atoms with Gasteiger partial charge in [0.2, 0.25) is 5.91 Å². The van der Waals surface area contributed by atoms with Gasteiger partial charge >= 0.3 is 0 Å². The molecule has 0 saturated heterocycles. The van der Waals surface area contributed by atoms with E-state index < -0.39 is 0 Å². The lowest BCUT2D eigenvalue weighted by atomic mass is 10.1. The van der Waals surface area contributed by atoms with Gasteiger partial charge in [0.15, 0.2) is 0 Å². The third kappa shape index (κ3) is 4.57. The Hall–Kier alpha value is -1.84.